The zero-order chi connectivity index (χ0) is 13.3. The number of hydrogen-bond acceptors (Lipinski definition) is 4. The van der Waals surface area contributed by atoms with Crippen LogP contribution in [0.15, 0.2) is 0 Å². The van der Waals surface area contributed by atoms with Gasteiger partial charge in [-0.25, -0.2) is 9.59 Å². The highest BCUT2D eigenvalue weighted by atomic mass is 16.6. The molecule has 1 atom stereocenters. The molecule has 1 saturated heterocycles. The maximum atomic E-state index is 11.9. The number of nitrogens with zero attached hydrogens (tertiary/aromatic N) is 1. The lowest BCUT2D eigenvalue weighted by Gasteiger charge is -2.42. The van der Waals surface area contributed by atoms with Crippen molar-refractivity contribution in [2.45, 2.75) is 38.8 Å². The third-order valence-corrected chi connectivity index (χ3v) is 2.65. The molecule has 1 aliphatic heterocycles. The first-order valence-corrected chi connectivity index (χ1v) is 5.61. The van der Waals surface area contributed by atoms with E-state index in [4.69, 9.17) is 4.74 Å². The van der Waals surface area contributed by atoms with Crippen LogP contribution in [0.4, 0.5) is 4.79 Å². The van der Waals surface area contributed by atoms with E-state index in [-0.39, 0.29) is 6.54 Å². The van der Waals surface area contributed by atoms with Gasteiger partial charge in [0, 0.05) is 19.6 Å². The van der Waals surface area contributed by atoms with E-state index in [1.54, 1.807) is 20.8 Å². The first-order chi connectivity index (χ1) is 7.67. The molecule has 0 spiro atoms. The fourth-order valence-electron chi connectivity index (χ4n) is 1.67. The Kier molecular flexibility index (Phi) is 3.66. The Hall–Kier alpha value is -1.30. The zero-order valence-corrected chi connectivity index (χ0v) is 10.7. The third-order valence-electron chi connectivity index (χ3n) is 2.65. The highest BCUT2D eigenvalue weighted by molar-refractivity contribution is 5.84. The molecule has 1 amide bonds. The molecule has 1 heterocycles. The van der Waals surface area contributed by atoms with Gasteiger partial charge in [-0.05, 0) is 27.7 Å². The Bertz CT molecular complexity index is 324. The number of piperazine rings is 1. The summed E-state index contributed by atoms with van der Waals surface area (Å²) in [6.45, 7) is 7.91. The second-order valence-electron chi connectivity index (χ2n) is 5.39. The summed E-state index contributed by atoms with van der Waals surface area (Å²) in [5.74, 6) is -1.03. The van der Waals surface area contributed by atoms with Gasteiger partial charge in [-0.1, -0.05) is 0 Å². The number of hydrogen-bond donors (Lipinski definition) is 2. The lowest BCUT2D eigenvalue weighted by atomic mass is 9.98. The van der Waals surface area contributed by atoms with Crippen molar-refractivity contribution in [2.75, 3.05) is 19.6 Å². The molecular formula is C11H20N2O4. The van der Waals surface area contributed by atoms with Crippen LogP contribution in [0.2, 0.25) is 0 Å². The Morgan fingerprint density at radius 1 is 1.41 bits per heavy atom. The maximum Gasteiger partial charge on any atom is 0.411 e. The van der Waals surface area contributed by atoms with E-state index in [1.165, 1.54) is 11.8 Å². The summed E-state index contributed by atoms with van der Waals surface area (Å²) >= 11 is 0. The number of amides is 1. The van der Waals surface area contributed by atoms with Crippen molar-refractivity contribution in [2.24, 2.45) is 0 Å². The van der Waals surface area contributed by atoms with Gasteiger partial charge in [-0.2, -0.15) is 0 Å². The van der Waals surface area contributed by atoms with Crippen molar-refractivity contribution in [1.82, 2.24) is 10.2 Å². The van der Waals surface area contributed by atoms with Crippen LogP contribution in [-0.4, -0.2) is 52.8 Å². The van der Waals surface area contributed by atoms with Crippen molar-refractivity contribution < 1.29 is 19.4 Å². The van der Waals surface area contributed by atoms with Crippen molar-refractivity contribution in [3.05, 3.63) is 0 Å². The third kappa shape index (κ3) is 3.09. The van der Waals surface area contributed by atoms with Crippen LogP contribution in [0.3, 0.4) is 0 Å². The van der Waals surface area contributed by atoms with Gasteiger partial charge in [0.15, 0.2) is 5.54 Å². The van der Waals surface area contributed by atoms with E-state index in [1.807, 2.05) is 0 Å². The summed E-state index contributed by atoms with van der Waals surface area (Å²) < 4.78 is 5.22. The van der Waals surface area contributed by atoms with E-state index >= 15 is 0 Å². The van der Waals surface area contributed by atoms with Gasteiger partial charge in [-0.3, -0.25) is 4.90 Å². The molecule has 0 aromatic carbocycles. The maximum absolute atomic E-state index is 11.9. The summed E-state index contributed by atoms with van der Waals surface area (Å²) in [4.78, 5) is 24.5. The fraction of sp³-hybridized carbons (Fsp3) is 0.818. The van der Waals surface area contributed by atoms with Crippen LogP contribution in [0, 0.1) is 0 Å². The second-order valence-corrected chi connectivity index (χ2v) is 5.39. The summed E-state index contributed by atoms with van der Waals surface area (Å²) in [6.07, 6.45) is -0.580. The molecule has 0 aromatic heterocycles. The van der Waals surface area contributed by atoms with E-state index in [0.29, 0.717) is 13.1 Å². The molecule has 0 aromatic rings. The Morgan fingerprint density at radius 3 is 2.47 bits per heavy atom. The number of ether oxygens (including phenoxy) is 1. The van der Waals surface area contributed by atoms with Gasteiger partial charge < -0.3 is 15.2 Å². The minimum Gasteiger partial charge on any atom is -0.479 e. The number of rotatable bonds is 1. The first-order valence-electron chi connectivity index (χ1n) is 5.61. The standard InChI is InChI=1S/C11H20N2O4/c1-10(2,3)17-9(16)13-6-5-12-7-11(13,4)8(14)15/h12H,5-7H2,1-4H3,(H,14,15). The SMILES string of the molecule is CC(C)(C)OC(=O)N1CCNCC1(C)C(=O)O. The molecule has 0 radical (unpaired) electrons. The van der Waals surface area contributed by atoms with Crippen LogP contribution in [0.5, 0.6) is 0 Å². The fourth-order valence-corrected chi connectivity index (χ4v) is 1.67. The predicted octanol–water partition coefficient (Wildman–Crippen LogP) is 0.670. The van der Waals surface area contributed by atoms with Crippen LogP contribution in [0.1, 0.15) is 27.7 Å². The molecule has 6 heteroatoms. The van der Waals surface area contributed by atoms with Crippen LogP contribution in [-0.2, 0) is 9.53 Å². The van der Waals surface area contributed by atoms with Gasteiger partial charge in [0.25, 0.3) is 0 Å². The molecular weight excluding hydrogens is 224 g/mol. The van der Waals surface area contributed by atoms with E-state index in [2.05, 4.69) is 5.32 Å². The predicted molar refractivity (Wildman–Crippen MR) is 61.9 cm³/mol. The minimum atomic E-state index is -1.25. The summed E-state index contributed by atoms with van der Waals surface area (Å²) in [6, 6.07) is 0. The normalized spacial score (nSPS) is 25.5. The molecule has 0 saturated carbocycles. The average Bonchev–Trinajstić information content (AvgIpc) is 2.15. The zero-order valence-electron chi connectivity index (χ0n) is 10.7. The Balaban J connectivity index is 2.86. The van der Waals surface area contributed by atoms with Gasteiger partial charge >= 0.3 is 12.1 Å². The molecule has 1 aliphatic rings. The smallest absolute Gasteiger partial charge is 0.411 e. The monoisotopic (exact) mass is 244 g/mol. The highest BCUT2D eigenvalue weighted by Crippen LogP contribution is 2.21. The number of carbonyl (C=O) groups excluding carboxylic acids is 1. The summed E-state index contributed by atoms with van der Waals surface area (Å²) in [7, 11) is 0. The van der Waals surface area contributed by atoms with E-state index in [9.17, 15) is 14.7 Å². The molecule has 6 nitrogen and oxygen atoms in total. The van der Waals surface area contributed by atoms with Crippen LogP contribution < -0.4 is 5.32 Å². The Labute approximate surface area is 101 Å². The second kappa shape index (κ2) is 4.52. The highest BCUT2D eigenvalue weighted by Gasteiger charge is 2.45. The van der Waals surface area contributed by atoms with E-state index < -0.39 is 23.2 Å². The van der Waals surface area contributed by atoms with Gasteiger partial charge in [0.1, 0.15) is 5.60 Å². The lowest BCUT2D eigenvalue weighted by Crippen LogP contribution is -2.65. The molecule has 0 bridgehead atoms. The van der Waals surface area contributed by atoms with Crippen LogP contribution >= 0.6 is 0 Å². The minimum absolute atomic E-state index is 0.224. The van der Waals surface area contributed by atoms with Crippen molar-refractivity contribution in [1.29, 1.82) is 0 Å². The molecule has 98 valence electrons. The Morgan fingerprint density at radius 2 is 2.00 bits per heavy atom. The number of aliphatic carboxylic acids is 1. The summed E-state index contributed by atoms with van der Waals surface area (Å²) in [5.41, 5.74) is -1.87. The molecule has 0 aliphatic carbocycles. The van der Waals surface area contributed by atoms with Crippen molar-refractivity contribution in [3.63, 3.8) is 0 Å². The molecule has 1 unspecified atom stereocenters. The largest absolute Gasteiger partial charge is 0.479 e. The topological polar surface area (TPSA) is 78.9 Å². The number of carbonyl (C=O) groups is 2. The van der Waals surface area contributed by atoms with Gasteiger partial charge in [0.2, 0.25) is 0 Å². The van der Waals surface area contributed by atoms with Crippen molar-refractivity contribution >= 4 is 12.1 Å². The summed E-state index contributed by atoms with van der Waals surface area (Å²) in [5, 5.41) is 12.2. The first kappa shape index (κ1) is 13.8. The van der Waals surface area contributed by atoms with E-state index in [0.717, 1.165) is 0 Å². The lowest BCUT2D eigenvalue weighted by molar-refractivity contribution is -0.151. The number of carboxylic acid groups (broad SMARTS) is 1. The van der Waals surface area contributed by atoms with Gasteiger partial charge in [0.05, 0.1) is 0 Å². The van der Waals surface area contributed by atoms with Gasteiger partial charge in [-0.15, -0.1) is 0 Å². The average molecular weight is 244 g/mol. The molecule has 2 N–H and O–H groups in total. The van der Waals surface area contributed by atoms with Crippen LogP contribution in [0.25, 0.3) is 0 Å². The quantitative estimate of drug-likeness (QED) is 0.708. The van der Waals surface area contributed by atoms with Crippen molar-refractivity contribution in [3.8, 4) is 0 Å². The number of carboxylic acids is 1. The molecule has 1 rings (SSSR count). The molecule has 1 fully saturated rings. The number of nitrogens with one attached hydrogen (secondary N) is 1. The molecule has 17 heavy (non-hydrogen) atoms.